The number of hydrogen-bond acceptors (Lipinski definition) is 4. The van der Waals surface area contributed by atoms with Gasteiger partial charge in [0.05, 0.1) is 25.3 Å². The summed E-state index contributed by atoms with van der Waals surface area (Å²) in [6.45, 7) is 5.03. The van der Waals surface area contributed by atoms with E-state index in [1.807, 2.05) is 30.3 Å². The van der Waals surface area contributed by atoms with Gasteiger partial charge in [-0.3, -0.25) is 14.4 Å². The molecule has 1 saturated heterocycles. The summed E-state index contributed by atoms with van der Waals surface area (Å²) < 4.78 is 7.13. The first-order valence-corrected chi connectivity index (χ1v) is 10.4. The molecule has 1 N–H and O–H groups in total. The zero-order valence-corrected chi connectivity index (χ0v) is 17.4. The first-order chi connectivity index (χ1) is 14.1. The average Bonchev–Trinajstić information content (AvgIpc) is 3.10. The number of nitrogens with zero attached hydrogens (tertiary/aromatic N) is 3. The number of aromatic nitrogens is 2. The van der Waals surface area contributed by atoms with Crippen molar-refractivity contribution in [1.29, 1.82) is 0 Å². The fourth-order valence-electron chi connectivity index (χ4n) is 3.48. The second-order valence-electron chi connectivity index (χ2n) is 6.93. The van der Waals surface area contributed by atoms with E-state index in [1.54, 1.807) is 16.8 Å². The van der Waals surface area contributed by atoms with E-state index < -0.39 is 0 Å². The minimum atomic E-state index is -0.182. The van der Waals surface area contributed by atoms with Crippen LogP contribution in [0.4, 0.5) is 0 Å². The van der Waals surface area contributed by atoms with Crippen LogP contribution in [0.15, 0.2) is 42.5 Å². The maximum Gasteiger partial charge on any atom is 0.272 e. The van der Waals surface area contributed by atoms with Gasteiger partial charge in [0.15, 0.2) is 5.69 Å². The van der Waals surface area contributed by atoms with Gasteiger partial charge < -0.3 is 10.1 Å². The van der Waals surface area contributed by atoms with Crippen LogP contribution in [0.5, 0.6) is 0 Å². The smallest absolute Gasteiger partial charge is 0.272 e. The van der Waals surface area contributed by atoms with E-state index >= 15 is 0 Å². The fourth-order valence-corrected chi connectivity index (χ4v) is 4.00. The number of carbonyl (C=O) groups excluding carboxylic acids is 1. The molecular formula is C21H22Cl2N4O2. The third-order valence-electron chi connectivity index (χ3n) is 5.06. The molecule has 6 nitrogen and oxygen atoms in total. The summed E-state index contributed by atoms with van der Waals surface area (Å²) in [5.74, 6) is -0.182. The van der Waals surface area contributed by atoms with Crippen molar-refractivity contribution in [1.82, 2.24) is 20.0 Å². The lowest BCUT2D eigenvalue weighted by molar-refractivity contribution is 0.0383. The van der Waals surface area contributed by atoms with Crippen LogP contribution in [0.25, 0.3) is 10.9 Å². The predicted molar refractivity (Wildman–Crippen MR) is 115 cm³/mol. The Labute approximate surface area is 179 Å². The number of benzene rings is 2. The molecule has 1 aliphatic heterocycles. The number of carbonyl (C=O) groups is 1. The molecule has 152 valence electrons. The van der Waals surface area contributed by atoms with E-state index in [0.717, 1.165) is 49.3 Å². The molecule has 29 heavy (non-hydrogen) atoms. The molecule has 0 unspecified atom stereocenters. The Kier molecular flexibility index (Phi) is 6.35. The fraction of sp³-hybridized carbons (Fsp3) is 0.333. The lowest BCUT2D eigenvalue weighted by Crippen LogP contribution is -2.41. The van der Waals surface area contributed by atoms with Crippen molar-refractivity contribution in [3.8, 4) is 0 Å². The van der Waals surface area contributed by atoms with Crippen LogP contribution in [0.3, 0.4) is 0 Å². The quantitative estimate of drug-likeness (QED) is 0.647. The van der Waals surface area contributed by atoms with Crippen molar-refractivity contribution >= 4 is 40.0 Å². The standard InChI is InChI=1S/C21H22Cl2N4O2/c22-17-5-3-6-18(23)16(17)14-27-19-7-2-1-4-15(19)20(25-27)21(28)24-8-9-26-10-12-29-13-11-26/h1-7H,8-14H2,(H,24,28). The lowest BCUT2D eigenvalue weighted by Gasteiger charge is -2.26. The van der Waals surface area contributed by atoms with Crippen molar-refractivity contribution in [3.63, 3.8) is 0 Å². The normalized spacial score (nSPS) is 15.0. The number of ether oxygens (including phenoxy) is 1. The molecular weight excluding hydrogens is 411 g/mol. The number of nitrogens with one attached hydrogen (secondary N) is 1. The second kappa shape index (κ2) is 9.13. The summed E-state index contributed by atoms with van der Waals surface area (Å²) >= 11 is 12.6. The van der Waals surface area contributed by atoms with Crippen molar-refractivity contribution in [2.24, 2.45) is 0 Å². The molecule has 3 aromatic rings. The maximum atomic E-state index is 12.8. The van der Waals surface area contributed by atoms with Gasteiger partial charge in [-0.15, -0.1) is 0 Å². The molecule has 0 bridgehead atoms. The van der Waals surface area contributed by atoms with Crippen LogP contribution in [-0.4, -0.2) is 60.0 Å². The van der Waals surface area contributed by atoms with Gasteiger partial charge in [-0.2, -0.15) is 5.10 Å². The maximum absolute atomic E-state index is 12.8. The number of morpholine rings is 1. The lowest BCUT2D eigenvalue weighted by atomic mass is 10.2. The Hall–Kier alpha value is -2.12. The number of fused-ring (bicyclic) bond motifs is 1. The Morgan fingerprint density at radius 2 is 1.79 bits per heavy atom. The van der Waals surface area contributed by atoms with E-state index in [2.05, 4.69) is 15.3 Å². The van der Waals surface area contributed by atoms with Crippen LogP contribution in [0.2, 0.25) is 10.0 Å². The van der Waals surface area contributed by atoms with Crippen molar-refractivity contribution in [2.45, 2.75) is 6.54 Å². The number of amides is 1. The molecule has 2 aromatic carbocycles. The highest BCUT2D eigenvalue weighted by molar-refractivity contribution is 6.36. The second-order valence-corrected chi connectivity index (χ2v) is 7.75. The van der Waals surface area contributed by atoms with Gasteiger partial charge in [0.2, 0.25) is 0 Å². The Morgan fingerprint density at radius 3 is 2.55 bits per heavy atom. The molecule has 0 aliphatic carbocycles. The molecule has 1 aliphatic rings. The minimum absolute atomic E-state index is 0.182. The van der Waals surface area contributed by atoms with Gasteiger partial charge in [0.1, 0.15) is 0 Å². The zero-order chi connectivity index (χ0) is 20.2. The number of hydrogen-bond donors (Lipinski definition) is 1. The van der Waals surface area contributed by atoms with Crippen molar-refractivity contribution in [2.75, 3.05) is 39.4 Å². The number of halogens is 2. The van der Waals surface area contributed by atoms with Gasteiger partial charge in [-0.1, -0.05) is 47.5 Å². The molecule has 1 aromatic heterocycles. The molecule has 0 saturated carbocycles. The third kappa shape index (κ3) is 4.56. The van der Waals surface area contributed by atoms with Crippen LogP contribution in [0.1, 0.15) is 16.1 Å². The van der Waals surface area contributed by atoms with Gasteiger partial charge in [-0.05, 0) is 18.2 Å². The largest absolute Gasteiger partial charge is 0.379 e. The van der Waals surface area contributed by atoms with Gasteiger partial charge >= 0.3 is 0 Å². The summed E-state index contributed by atoms with van der Waals surface area (Å²) in [5, 5.41) is 9.53. The monoisotopic (exact) mass is 432 g/mol. The van der Waals surface area contributed by atoms with Gasteiger partial charge in [0.25, 0.3) is 5.91 Å². The third-order valence-corrected chi connectivity index (χ3v) is 5.77. The first kappa shape index (κ1) is 20.2. The minimum Gasteiger partial charge on any atom is -0.379 e. The van der Waals surface area contributed by atoms with Crippen LogP contribution in [-0.2, 0) is 11.3 Å². The molecule has 0 spiro atoms. The van der Waals surface area contributed by atoms with E-state index in [9.17, 15) is 4.79 Å². The summed E-state index contributed by atoms with van der Waals surface area (Å²) in [4.78, 5) is 15.1. The summed E-state index contributed by atoms with van der Waals surface area (Å²) in [5.41, 5.74) is 2.05. The first-order valence-electron chi connectivity index (χ1n) is 9.60. The molecule has 8 heteroatoms. The molecule has 0 atom stereocenters. The number of para-hydroxylation sites is 1. The number of rotatable bonds is 6. The van der Waals surface area contributed by atoms with Crippen LogP contribution < -0.4 is 5.32 Å². The van der Waals surface area contributed by atoms with Gasteiger partial charge in [-0.25, -0.2) is 0 Å². The molecule has 1 amide bonds. The summed E-state index contributed by atoms with van der Waals surface area (Å²) in [6, 6.07) is 13.1. The van der Waals surface area contributed by atoms with E-state index in [-0.39, 0.29) is 5.91 Å². The highest BCUT2D eigenvalue weighted by atomic mass is 35.5. The van der Waals surface area contributed by atoms with Crippen LogP contribution in [0, 0.1) is 0 Å². The Morgan fingerprint density at radius 1 is 1.07 bits per heavy atom. The van der Waals surface area contributed by atoms with Crippen molar-refractivity contribution < 1.29 is 9.53 Å². The molecule has 0 radical (unpaired) electrons. The summed E-state index contributed by atoms with van der Waals surface area (Å²) in [7, 11) is 0. The van der Waals surface area contributed by atoms with E-state index in [1.165, 1.54) is 0 Å². The highest BCUT2D eigenvalue weighted by Crippen LogP contribution is 2.27. The van der Waals surface area contributed by atoms with E-state index in [4.69, 9.17) is 27.9 Å². The Balaban J connectivity index is 1.53. The topological polar surface area (TPSA) is 59.4 Å². The van der Waals surface area contributed by atoms with Crippen LogP contribution >= 0.6 is 23.2 Å². The average molecular weight is 433 g/mol. The highest BCUT2D eigenvalue weighted by Gasteiger charge is 2.19. The summed E-state index contributed by atoms with van der Waals surface area (Å²) in [6.07, 6.45) is 0. The molecule has 1 fully saturated rings. The molecule has 2 heterocycles. The SMILES string of the molecule is O=C(NCCN1CCOCC1)c1nn(Cc2c(Cl)cccc2Cl)c2ccccc12. The van der Waals surface area contributed by atoms with Crippen molar-refractivity contribution in [3.05, 3.63) is 63.8 Å². The molecule has 4 rings (SSSR count). The predicted octanol–water partition coefficient (Wildman–Crippen LogP) is 3.45. The van der Waals surface area contributed by atoms with E-state index in [0.29, 0.717) is 28.8 Å². The zero-order valence-electron chi connectivity index (χ0n) is 15.9. The van der Waals surface area contributed by atoms with Gasteiger partial charge in [0, 0.05) is 47.2 Å². The Bertz CT molecular complexity index is 995.